The quantitative estimate of drug-likeness (QED) is 0.137. The van der Waals surface area contributed by atoms with Crippen LogP contribution in [-0.4, -0.2) is 116 Å². The SMILES string of the molecule is C/C1=C/C=C/[C@H](C)[C@H](O)[C@@H](C)C(O)[C@@H](C)[C@H](OC(=O)C(C)C(=O)N2CCCCC2)[C@H](C)C/C=C/OC2(C)Oc3c(C)c(O)c4c(O)c(c5c(c4c3C2=O)=NC2(CCN(CC(C)C)CC2)N=5)NC1=O. The van der Waals surface area contributed by atoms with E-state index in [0.29, 0.717) is 44.9 Å². The van der Waals surface area contributed by atoms with Crippen molar-refractivity contribution in [1.82, 2.24) is 9.80 Å². The number of aromatic hydroxyl groups is 2. The van der Waals surface area contributed by atoms with Gasteiger partial charge < -0.3 is 49.8 Å². The lowest BCUT2D eigenvalue weighted by molar-refractivity contribution is -0.168. The van der Waals surface area contributed by atoms with Gasteiger partial charge in [0.05, 0.1) is 34.8 Å². The van der Waals surface area contributed by atoms with Crippen LogP contribution in [0.3, 0.4) is 0 Å². The van der Waals surface area contributed by atoms with Crippen LogP contribution < -0.4 is 20.8 Å². The second-order valence-electron chi connectivity index (χ2n) is 20.6. The number of fused-ring (bicyclic) bond motifs is 13. The summed E-state index contributed by atoms with van der Waals surface area (Å²) in [4.78, 5) is 70.4. The minimum atomic E-state index is -1.94. The van der Waals surface area contributed by atoms with Gasteiger partial charge in [-0.3, -0.25) is 29.2 Å². The number of aliphatic hydroxyl groups is 2. The van der Waals surface area contributed by atoms with Crippen molar-refractivity contribution in [1.29, 1.82) is 0 Å². The number of carbonyl (C=O) groups excluding carboxylic acids is 4. The van der Waals surface area contributed by atoms with Crippen molar-refractivity contribution in [2.45, 2.75) is 138 Å². The zero-order valence-electron chi connectivity index (χ0n) is 41.3. The monoisotopic (exact) mass is 942 g/mol. The van der Waals surface area contributed by atoms with Crippen LogP contribution in [0.15, 0.2) is 46.1 Å². The molecule has 6 aliphatic rings. The number of likely N-dealkylation sites (tertiary alicyclic amines) is 2. The Morgan fingerprint density at radius 2 is 1.57 bits per heavy atom. The summed E-state index contributed by atoms with van der Waals surface area (Å²) in [7, 11) is 0. The summed E-state index contributed by atoms with van der Waals surface area (Å²) >= 11 is 0. The fourth-order valence-electron chi connectivity index (χ4n) is 10.5. The number of ether oxygens (including phenoxy) is 3. The number of benzene rings is 2. The maximum atomic E-state index is 14.8. The molecule has 2 amide bonds. The number of phenols is 2. The number of nitrogens with zero attached hydrogens (tertiary/aromatic N) is 4. The first-order chi connectivity index (χ1) is 32.1. The Labute approximate surface area is 398 Å². The largest absolute Gasteiger partial charge is 0.507 e. The van der Waals surface area contributed by atoms with Crippen LogP contribution in [0.25, 0.3) is 10.8 Å². The number of aliphatic hydroxyl groups excluding tert-OH is 2. The molecule has 2 aromatic rings. The zero-order chi connectivity index (χ0) is 49.6. The molecular weight excluding hydrogens is 871 g/mol. The van der Waals surface area contributed by atoms with Gasteiger partial charge in [0.15, 0.2) is 11.4 Å². The van der Waals surface area contributed by atoms with E-state index < -0.39 is 82.8 Å². The second kappa shape index (κ2) is 20.0. The van der Waals surface area contributed by atoms with E-state index in [1.807, 2.05) is 6.92 Å². The molecule has 16 heteroatoms. The number of allylic oxidation sites excluding steroid dienone is 3. The van der Waals surface area contributed by atoms with E-state index in [4.69, 9.17) is 24.2 Å². The van der Waals surface area contributed by atoms with E-state index in [1.165, 1.54) is 20.1 Å². The summed E-state index contributed by atoms with van der Waals surface area (Å²) in [6.07, 6.45) is 8.81. The Kier molecular flexibility index (Phi) is 14.8. The molecule has 0 aliphatic carbocycles. The number of ketones is 1. The number of hydrogen-bond donors (Lipinski definition) is 5. The molecule has 16 nitrogen and oxygen atoms in total. The van der Waals surface area contributed by atoms with E-state index in [9.17, 15) is 39.6 Å². The molecule has 6 aliphatic heterocycles. The van der Waals surface area contributed by atoms with Crippen molar-refractivity contribution in [3.05, 3.63) is 58.0 Å². The predicted octanol–water partition coefficient (Wildman–Crippen LogP) is 5.75. The van der Waals surface area contributed by atoms with Gasteiger partial charge in [-0.2, -0.15) is 0 Å². The Hall–Kier alpha value is -5.32. The number of anilines is 1. The molecule has 0 saturated carbocycles. The normalized spacial score (nSPS) is 31.2. The van der Waals surface area contributed by atoms with Crippen LogP contribution >= 0.6 is 0 Å². The number of amides is 2. The highest BCUT2D eigenvalue weighted by Gasteiger charge is 2.50. The highest BCUT2D eigenvalue weighted by Crippen LogP contribution is 2.50. The number of phenolic OH excluding ortho intramolecular Hbond substituents is 2. The molecule has 0 aromatic heterocycles. The van der Waals surface area contributed by atoms with Gasteiger partial charge in [-0.05, 0) is 64.4 Å². The molecule has 2 fully saturated rings. The molecule has 9 atom stereocenters. The summed E-state index contributed by atoms with van der Waals surface area (Å²) < 4.78 is 18.6. The fourth-order valence-corrected chi connectivity index (χ4v) is 10.5. The molecule has 370 valence electrons. The molecule has 5 N–H and O–H groups in total. The summed E-state index contributed by atoms with van der Waals surface area (Å²) in [5.41, 5.74) is -0.577. The first-order valence-corrected chi connectivity index (χ1v) is 24.4. The van der Waals surface area contributed by atoms with Gasteiger partial charge in [0.2, 0.25) is 5.91 Å². The summed E-state index contributed by atoms with van der Waals surface area (Å²) in [5.74, 6) is -7.96. The topological polar surface area (TPSA) is 220 Å². The molecular formula is C52H71N5O11. The minimum Gasteiger partial charge on any atom is -0.507 e. The van der Waals surface area contributed by atoms with Crippen molar-refractivity contribution < 1.29 is 53.8 Å². The Balaban J connectivity index is 1.30. The van der Waals surface area contributed by atoms with Crippen LogP contribution in [0.5, 0.6) is 17.2 Å². The lowest BCUT2D eigenvalue weighted by Gasteiger charge is -2.37. The minimum absolute atomic E-state index is 0.0429. The van der Waals surface area contributed by atoms with Gasteiger partial charge in [-0.15, -0.1) is 0 Å². The maximum absolute atomic E-state index is 14.8. The fraction of sp³-hybridized carbons (Fsp3) is 0.615. The van der Waals surface area contributed by atoms with Gasteiger partial charge in [-0.25, -0.2) is 0 Å². The van der Waals surface area contributed by atoms with Crippen molar-refractivity contribution in [3.63, 3.8) is 0 Å². The lowest BCUT2D eigenvalue weighted by Crippen LogP contribution is -2.46. The molecule has 0 radical (unpaired) electrons. The van der Waals surface area contributed by atoms with E-state index in [0.717, 1.165) is 25.8 Å². The lowest BCUT2D eigenvalue weighted by atomic mass is 9.79. The standard InChI is InChI=1S/C52H71N5O11/c1-27(2)26-56-23-19-52(20-24-56)54-38-35-36-43(60)33(8)46-37(35)47(62)51(10,68-46)66-25-15-18-29(4)45(67-50(65)34(9)49(64)57-21-12-11-13-22-57)32(7)42(59)31(6)41(58)28(3)16-14-17-30(5)48(63)53-40(44(36)61)39(38)55-52/h14-17,25,27-29,31-32,34,41-42,45,58-61H,11-13,18-24,26H2,1-10H3,(H,53,63)/b16-14+,25-15+,30-17-/t28-,29+,31+,32+,34?,41-,42?,45+,51?/m0/s1. The third-order valence-electron chi connectivity index (χ3n) is 14.8. The molecule has 5 bridgehead atoms. The van der Waals surface area contributed by atoms with E-state index in [2.05, 4.69) is 24.1 Å². The number of esters is 1. The summed E-state index contributed by atoms with van der Waals surface area (Å²) in [5, 5.41) is 50.7. The third kappa shape index (κ3) is 9.65. The van der Waals surface area contributed by atoms with Crippen LogP contribution in [0.1, 0.15) is 117 Å². The van der Waals surface area contributed by atoms with E-state index in [-0.39, 0.29) is 67.7 Å². The van der Waals surface area contributed by atoms with Crippen molar-refractivity contribution in [3.8, 4) is 17.2 Å². The average Bonchev–Trinajstić information content (AvgIpc) is 3.82. The summed E-state index contributed by atoms with van der Waals surface area (Å²) in [6.45, 7) is 21.0. The van der Waals surface area contributed by atoms with Crippen molar-refractivity contribution in [2.75, 3.05) is 38.0 Å². The second-order valence-corrected chi connectivity index (χ2v) is 20.6. The van der Waals surface area contributed by atoms with Gasteiger partial charge in [-0.1, -0.05) is 59.8 Å². The third-order valence-corrected chi connectivity index (χ3v) is 14.8. The van der Waals surface area contributed by atoms with E-state index in [1.54, 1.807) is 63.8 Å². The Bertz CT molecular complexity index is 2540. The molecule has 2 aromatic carbocycles. The molecule has 3 unspecified atom stereocenters. The average molecular weight is 942 g/mol. The van der Waals surface area contributed by atoms with Crippen molar-refractivity contribution in [2.24, 2.45) is 45.5 Å². The highest BCUT2D eigenvalue weighted by atomic mass is 16.7. The van der Waals surface area contributed by atoms with Crippen LogP contribution in [0, 0.1) is 42.4 Å². The van der Waals surface area contributed by atoms with Gasteiger partial charge in [0, 0.05) is 86.8 Å². The van der Waals surface area contributed by atoms with Crippen LogP contribution in [0.2, 0.25) is 0 Å². The molecule has 6 heterocycles. The Morgan fingerprint density at radius 1 is 0.912 bits per heavy atom. The smallest absolute Gasteiger partial charge is 0.318 e. The number of piperidine rings is 2. The molecule has 68 heavy (non-hydrogen) atoms. The predicted molar refractivity (Wildman–Crippen MR) is 255 cm³/mol. The number of nitrogens with one attached hydrogen (secondary N) is 1. The molecule has 1 spiro atoms. The van der Waals surface area contributed by atoms with Crippen LogP contribution in [0.4, 0.5) is 5.69 Å². The highest BCUT2D eigenvalue weighted by molar-refractivity contribution is 6.19. The van der Waals surface area contributed by atoms with Gasteiger partial charge in [0.25, 0.3) is 11.7 Å². The number of hydrogen-bond acceptors (Lipinski definition) is 14. The maximum Gasteiger partial charge on any atom is 0.318 e. The van der Waals surface area contributed by atoms with Gasteiger partial charge in [0.1, 0.15) is 34.6 Å². The Morgan fingerprint density at radius 3 is 2.24 bits per heavy atom. The first kappa shape index (κ1) is 50.6. The van der Waals surface area contributed by atoms with Crippen molar-refractivity contribution >= 4 is 40.0 Å². The zero-order valence-corrected chi connectivity index (χ0v) is 41.3. The number of Topliss-reactive ketones (excluding diaryl/α,β-unsaturated/α-hetero) is 1. The van der Waals surface area contributed by atoms with E-state index >= 15 is 0 Å². The molecule has 8 rings (SSSR count). The van der Waals surface area contributed by atoms with Crippen LogP contribution in [-0.2, 0) is 23.9 Å². The van der Waals surface area contributed by atoms with Gasteiger partial charge >= 0.3 is 11.8 Å². The number of rotatable bonds is 5. The molecule has 2 saturated heterocycles. The first-order valence-electron chi connectivity index (χ1n) is 24.4. The summed E-state index contributed by atoms with van der Waals surface area (Å²) in [6, 6.07) is 0. The number of carbonyl (C=O) groups is 4.